The number of nitrogens with zero attached hydrogens (tertiary/aromatic N) is 1. The van der Waals surface area contributed by atoms with Crippen LogP contribution in [0.3, 0.4) is 0 Å². The van der Waals surface area contributed by atoms with Crippen LogP contribution in [0.25, 0.3) is 0 Å². The van der Waals surface area contributed by atoms with E-state index in [9.17, 15) is 9.59 Å². The number of carbonyl (C=O) groups is 2. The van der Waals surface area contributed by atoms with Gasteiger partial charge < -0.3 is 16.0 Å². The van der Waals surface area contributed by atoms with Gasteiger partial charge in [-0.2, -0.15) is 0 Å². The molecule has 22 heavy (non-hydrogen) atoms. The molecule has 0 bridgehead atoms. The van der Waals surface area contributed by atoms with E-state index in [0.29, 0.717) is 19.0 Å². The standard InChI is InChI=1S/C16H20BrN3O2/c17-12-3-1-2-4-14(12)20-9-11(7-15(20)21)16(22)19-13(8-18)10-5-6-10/h1-4,10-11,13H,5-9,18H2,(H,19,22). The van der Waals surface area contributed by atoms with E-state index in [2.05, 4.69) is 21.2 Å². The van der Waals surface area contributed by atoms with Crippen LogP contribution in [-0.2, 0) is 9.59 Å². The summed E-state index contributed by atoms with van der Waals surface area (Å²) >= 11 is 3.46. The number of nitrogens with one attached hydrogen (secondary N) is 1. The summed E-state index contributed by atoms with van der Waals surface area (Å²) in [6.45, 7) is 0.889. The zero-order chi connectivity index (χ0) is 15.7. The summed E-state index contributed by atoms with van der Waals surface area (Å²) in [7, 11) is 0. The van der Waals surface area contributed by atoms with Crippen LogP contribution in [0.1, 0.15) is 19.3 Å². The average Bonchev–Trinajstić information content (AvgIpc) is 3.28. The molecule has 1 aliphatic heterocycles. The van der Waals surface area contributed by atoms with Gasteiger partial charge in [0.15, 0.2) is 0 Å². The first-order chi connectivity index (χ1) is 10.6. The number of rotatable bonds is 5. The molecule has 0 radical (unpaired) electrons. The summed E-state index contributed by atoms with van der Waals surface area (Å²) in [5.74, 6) is 0.158. The fourth-order valence-corrected chi connectivity index (χ4v) is 3.45. The van der Waals surface area contributed by atoms with Gasteiger partial charge in [0.1, 0.15) is 0 Å². The SMILES string of the molecule is NCC(NC(=O)C1CC(=O)N(c2ccccc2Br)C1)C1CC1. The largest absolute Gasteiger partial charge is 0.352 e. The van der Waals surface area contributed by atoms with Gasteiger partial charge in [0.05, 0.1) is 11.6 Å². The predicted molar refractivity (Wildman–Crippen MR) is 88.3 cm³/mol. The molecule has 2 aliphatic rings. The summed E-state index contributed by atoms with van der Waals surface area (Å²) in [5.41, 5.74) is 6.55. The lowest BCUT2D eigenvalue weighted by atomic mass is 10.1. The lowest BCUT2D eigenvalue weighted by Gasteiger charge is -2.20. The quantitative estimate of drug-likeness (QED) is 0.832. The zero-order valence-electron chi connectivity index (χ0n) is 12.3. The van der Waals surface area contributed by atoms with Crippen molar-refractivity contribution in [2.45, 2.75) is 25.3 Å². The molecular weight excluding hydrogens is 346 g/mol. The molecule has 3 N–H and O–H groups in total. The smallest absolute Gasteiger partial charge is 0.227 e. The Morgan fingerprint density at radius 3 is 2.77 bits per heavy atom. The summed E-state index contributed by atoms with van der Waals surface area (Å²) in [5, 5.41) is 3.02. The summed E-state index contributed by atoms with van der Waals surface area (Å²) in [4.78, 5) is 26.3. The summed E-state index contributed by atoms with van der Waals surface area (Å²) < 4.78 is 0.863. The summed E-state index contributed by atoms with van der Waals surface area (Å²) in [6.07, 6.45) is 2.53. The molecule has 0 aromatic heterocycles. The van der Waals surface area contributed by atoms with Crippen LogP contribution in [0.15, 0.2) is 28.7 Å². The van der Waals surface area contributed by atoms with Crippen molar-refractivity contribution in [3.8, 4) is 0 Å². The maximum absolute atomic E-state index is 12.4. The average molecular weight is 366 g/mol. The van der Waals surface area contributed by atoms with E-state index in [-0.39, 0.29) is 30.2 Å². The molecule has 1 saturated carbocycles. The minimum absolute atomic E-state index is 0.0113. The molecule has 6 heteroatoms. The maximum Gasteiger partial charge on any atom is 0.227 e. The number of carbonyl (C=O) groups excluding carboxylic acids is 2. The molecule has 3 rings (SSSR count). The molecule has 2 atom stereocenters. The Morgan fingerprint density at radius 1 is 1.41 bits per heavy atom. The van der Waals surface area contributed by atoms with Crippen molar-refractivity contribution in [2.75, 3.05) is 18.0 Å². The monoisotopic (exact) mass is 365 g/mol. The lowest BCUT2D eigenvalue weighted by Crippen LogP contribution is -2.45. The van der Waals surface area contributed by atoms with Crippen LogP contribution in [-0.4, -0.2) is 30.9 Å². The van der Waals surface area contributed by atoms with Crippen molar-refractivity contribution in [1.29, 1.82) is 0 Å². The van der Waals surface area contributed by atoms with Crippen LogP contribution in [0.2, 0.25) is 0 Å². The Morgan fingerprint density at radius 2 is 2.14 bits per heavy atom. The van der Waals surface area contributed by atoms with Gasteiger partial charge in [-0.25, -0.2) is 0 Å². The molecule has 2 fully saturated rings. The van der Waals surface area contributed by atoms with Gasteiger partial charge in [-0.3, -0.25) is 9.59 Å². The van der Waals surface area contributed by atoms with E-state index >= 15 is 0 Å². The van der Waals surface area contributed by atoms with Crippen molar-refractivity contribution in [1.82, 2.24) is 5.32 Å². The second-order valence-corrected chi connectivity index (χ2v) is 6.90. The molecule has 1 aliphatic carbocycles. The van der Waals surface area contributed by atoms with Crippen molar-refractivity contribution in [2.24, 2.45) is 17.6 Å². The molecule has 1 aromatic carbocycles. The number of anilines is 1. The fraction of sp³-hybridized carbons (Fsp3) is 0.500. The van der Waals surface area contributed by atoms with Gasteiger partial charge in [0, 0.05) is 30.0 Å². The second-order valence-electron chi connectivity index (χ2n) is 6.05. The van der Waals surface area contributed by atoms with Crippen LogP contribution >= 0.6 is 15.9 Å². The van der Waals surface area contributed by atoms with E-state index in [1.807, 2.05) is 24.3 Å². The topological polar surface area (TPSA) is 75.4 Å². The minimum Gasteiger partial charge on any atom is -0.352 e. The van der Waals surface area contributed by atoms with E-state index in [0.717, 1.165) is 23.0 Å². The Bertz CT molecular complexity index is 589. The highest BCUT2D eigenvalue weighted by Gasteiger charge is 2.38. The third-order valence-electron chi connectivity index (χ3n) is 4.41. The number of halogens is 1. The predicted octanol–water partition coefficient (Wildman–Crippen LogP) is 1.66. The molecule has 5 nitrogen and oxygen atoms in total. The van der Waals surface area contributed by atoms with Gasteiger partial charge in [0.2, 0.25) is 11.8 Å². The summed E-state index contributed by atoms with van der Waals surface area (Å²) in [6, 6.07) is 7.63. The minimum atomic E-state index is -0.299. The maximum atomic E-state index is 12.4. The van der Waals surface area contributed by atoms with Crippen LogP contribution in [0, 0.1) is 11.8 Å². The van der Waals surface area contributed by atoms with Crippen molar-refractivity contribution < 1.29 is 9.59 Å². The first kappa shape index (κ1) is 15.5. The number of benzene rings is 1. The first-order valence-corrected chi connectivity index (χ1v) is 8.44. The van der Waals surface area contributed by atoms with Gasteiger partial charge in [-0.15, -0.1) is 0 Å². The van der Waals surface area contributed by atoms with Crippen LogP contribution in [0.4, 0.5) is 5.69 Å². The molecule has 0 spiro atoms. The highest BCUT2D eigenvalue weighted by molar-refractivity contribution is 9.10. The Hall–Kier alpha value is -1.40. The number of para-hydroxylation sites is 1. The van der Waals surface area contributed by atoms with E-state index in [1.54, 1.807) is 4.90 Å². The normalized spacial score (nSPS) is 22.7. The molecule has 2 unspecified atom stereocenters. The highest BCUT2D eigenvalue weighted by Crippen LogP contribution is 2.33. The van der Waals surface area contributed by atoms with Crippen molar-refractivity contribution >= 4 is 33.4 Å². The van der Waals surface area contributed by atoms with Crippen LogP contribution < -0.4 is 16.0 Å². The molecular formula is C16H20BrN3O2. The Balaban J connectivity index is 1.66. The number of nitrogens with two attached hydrogens (primary N) is 1. The van der Waals surface area contributed by atoms with Crippen LogP contribution in [0.5, 0.6) is 0 Å². The van der Waals surface area contributed by atoms with Gasteiger partial charge in [-0.1, -0.05) is 12.1 Å². The van der Waals surface area contributed by atoms with Gasteiger partial charge >= 0.3 is 0 Å². The van der Waals surface area contributed by atoms with E-state index in [1.165, 1.54) is 0 Å². The van der Waals surface area contributed by atoms with Crippen molar-refractivity contribution in [3.05, 3.63) is 28.7 Å². The van der Waals surface area contributed by atoms with E-state index in [4.69, 9.17) is 5.73 Å². The molecule has 1 aromatic rings. The second kappa shape index (κ2) is 6.38. The van der Waals surface area contributed by atoms with E-state index < -0.39 is 0 Å². The fourth-order valence-electron chi connectivity index (χ4n) is 2.96. The molecule has 2 amide bonds. The molecule has 118 valence electrons. The van der Waals surface area contributed by atoms with Crippen molar-refractivity contribution in [3.63, 3.8) is 0 Å². The Kier molecular flexibility index (Phi) is 4.49. The number of hydrogen-bond acceptors (Lipinski definition) is 3. The van der Waals surface area contributed by atoms with Gasteiger partial charge in [-0.05, 0) is 46.8 Å². The number of amides is 2. The third kappa shape index (κ3) is 3.17. The molecule has 1 saturated heterocycles. The van der Waals surface area contributed by atoms with Gasteiger partial charge in [0.25, 0.3) is 0 Å². The third-order valence-corrected chi connectivity index (χ3v) is 5.08. The Labute approximate surface area is 138 Å². The highest BCUT2D eigenvalue weighted by atomic mass is 79.9. The first-order valence-electron chi connectivity index (χ1n) is 7.65. The number of hydrogen-bond donors (Lipinski definition) is 2. The molecule has 1 heterocycles. The zero-order valence-corrected chi connectivity index (χ0v) is 13.9. The lowest BCUT2D eigenvalue weighted by molar-refractivity contribution is -0.127.